The summed E-state index contributed by atoms with van der Waals surface area (Å²) in [5, 5.41) is 2.01. The van der Waals surface area contributed by atoms with E-state index in [4.69, 9.17) is 0 Å². The highest BCUT2D eigenvalue weighted by molar-refractivity contribution is 7.10. The number of hydrogen-bond donors (Lipinski definition) is 0. The molecular formula is C9H12OS. The van der Waals surface area contributed by atoms with Gasteiger partial charge < -0.3 is 4.79 Å². The Morgan fingerprint density at radius 1 is 1.55 bits per heavy atom. The highest BCUT2D eigenvalue weighted by Crippen LogP contribution is 2.25. The second-order valence-electron chi connectivity index (χ2n) is 2.92. The molecule has 0 aliphatic carbocycles. The molecule has 1 unspecified atom stereocenters. The number of rotatable bonds is 3. The van der Waals surface area contributed by atoms with Gasteiger partial charge in [-0.3, -0.25) is 0 Å². The van der Waals surface area contributed by atoms with E-state index in [1.165, 1.54) is 4.88 Å². The maximum Gasteiger partial charge on any atom is 0.128 e. The van der Waals surface area contributed by atoms with Crippen LogP contribution in [-0.4, -0.2) is 6.29 Å². The van der Waals surface area contributed by atoms with Gasteiger partial charge in [-0.2, -0.15) is 0 Å². The van der Waals surface area contributed by atoms with Gasteiger partial charge in [0.2, 0.25) is 0 Å². The predicted octanol–water partition coefficient (Wildman–Crippen LogP) is 2.69. The van der Waals surface area contributed by atoms with Gasteiger partial charge in [-0.05, 0) is 17.4 Å². The summed E-state index contributed by atoms with van der Waals surface area (Å²) in [7, 11) is 0. The molecule has 1 nitrogen and oxygen atoms in total. The summed E-state index contributed by atoms with van der Waals surface area (Å²) in [4.78, 5) is 11.8. The molecule has 0 aliphatic rings. The van der Waals surface area contributed by atoms with Crippen LogP contribution in [0.25, 0.3) is 0 Å². The second kappa shape index (κ2) is 3.67. The minimum atomic E-state index is 0.0926. The van der Waals surface area contributed by atoms with Crippen molar-refractivity contribution >= 4 is 17.6 Å². The molecule has 0 aliphatic heterocycles. The minimum Gasteiger partial charge on any atom is -0.303 e. The molecule has 2 heteroatoms. The summed E-state index contributed by atoms with van der Waals surface area (Å²) in [5.74, 6) is 0.501. The average molecular weight is 168 g/mol. The fourth-order valence-electron chi connectivity index (χ4n) is 1.03. The van der Waals surface area contributed by atoms with Gasteiger partial charge in [0.25, 0.3) is 0 Å². The molecule has 1 atom stereocenters. The Kier molecular flexibility index (Phi) is 2.83. The van der Waals surface area contributed by atoms with E-state index in [2.05, 4.69) is 13.8 Å². The van der Waals surface area contributed by atoms with Crippen molar-refractivity contribution in [3.8, 4) is 0 Å². The Balaban J connectivity index is 2.79. The molecule has 0 N–H and O–H groups in total. The van der Waals surface area contributed by atoms with Crippen LogP contribution >= 0.6 is 11.3 Å². The van der Waals surface area contributed by atoms with Crippen LogP contribution in [0.5, 0.6) is 0 Å². The Morgan fingerprint density at radius 2 is 2.27 bits per heavy atom. The van der Waals surface area contributed by atoms with Crippen LogP contribution in [0.1, 0.15) is 24.6 Å². The summed E-state index contributed by atoms with van der Waals surface area (Å²) in [6, 6.07) is 4.00. The molecule has 1 rings (SSSR count). The fourth-order valence-corrected chi connectivity index (χ4v) is 1.99. The van der Waals surface area contributed by atoms with Crippen LogP contribution in [0.2, 0.25) is 0 Å². The average Bonchev–Trinajstić information content (AvgIpc) is 2.40. The number of carbonyl (C=O) groups is 1. The highest BCUT2D eigenvalue weighted by atomic mass is 32.1. The maximum atomic E-state index is 10.7. The highest BCUT2D eigenvalue weighted by Gasteiger charge is 2.14. The van der Waals surface area contributed by atoms with Crippen molar-refractivity contribution in [3.05, 3.63) is 22.4 Å². The third-order valence-electron chi connectivity index (χ3n) is 1.74. The third-order valence-corrected chi connectivity index (χ3v) is 2.71. The van der Waals surface area contributed by atoms with E-state index in [1.807, 2.05) is 17.5 Å². The number of hydrogen-bond acceptors (Lipinski definition) is 2. The standard InChI is InChI=1S/C9H12OS/c1-7(2)8(6-10)9-4-3-5-11-9/h3-8H,1-2H3. The van der Waals surface area contributed by atoms with Crippen LogP contribution in [0.15, 0.2) is 17.5 Å². The van der Waals surface area contributed by atoms with Gasteiger partial charge >= 0.3 is 0 Å². The smallest absolute Gasteiger partial charge is 0.128 e. The summed E-state index contributed by atoms with van der Waals surface area (Å²) >= 11 is 1.65. The molecule has 1 heterocycles. The van der Waals surface area contributed by atoms with Crippen LogP contribution in [0.3, 0.4) is 0 Å². The first-order valence-electron chi connectivity index (χ1n) is 3.74. The minimum absolute atomic E-state index is 0.0926. The zero-order valence-corrected chi connectivity index (χ0v) is 7.60. The lowest BCUT2D eigenvalue weighted by molar-refractivity contribution is -0.109. The van der Waals surface area contributed by atoms with Gasteiger partial charge in [-0.25, -0.2) is 0 Å². The molecule has 1 aromatic heterocycles. The van der Waals surface area contributed by atoms with Gasteiger partial charge in [0, 0.05) is 4.88 Å². The van der Waals surface area contributed by atoms with Crippen molar-refractivity contribution < 1.29 is 4.79 Å². The van der Waals surface area contributed by atoms with E-state index >= 15 is 0 Å². The van der Waals surface area contributed by atoms with E-state index < -0.39 is 0 Å². The Morgan fingerprint density at radius 3 is 2.64 bits per heavy atom. The molecule has 0 spiro atoms. The first-order chi connectivity index (χ1) is 5.25. The van der Waals surface area contributed by atoms with Crippen LogP contribution in [0, 0.1) is 5.92 Å². The lowest BCUT2D eigenvalue weighted by Gasteiger charge is -2.10. The van der Waals surface area contributed by atoms with Crippen molar-refractivity contribution in [2.45, 2.75) is 19.8 Å². The monoisotopic (exact) mass is 168 g/mol. The molecular weight excluding hydrogens is 156 g/mol. The second-order valence-corrected chi connectivity index (χ2v) is 3.90. The molecule has 0 saturated heterocycles. The van der Waals surface area contributed by atoms with Crippen molar-refractivity contribution in [2.24, 2.45) is 5.92 Å². The third kappa shape index (κ3) is 1.90. The van der Waals surface area contributed by atoms with Crippen LogP contribution < -0.4 is 0 Å². The zero-order valence-electron chi connectivity index (χ0n) is 6.78. The van der Waals surface area contributed by atoms with Gasteiger partial charge in [-0.1, -0.05) is 19.9 Å². The van der Waals surface area contributed by atoms with Crippen molar-refractivity contribution in [3.63, 3.8) is 0 Å². The molecule has 1 aromatic rings. The molecule has 11 heavy (non-hydrogen) atoms. The van der Waals surface area contributed by atoms with E-state index in [-0.39, 0.29) is 5.92 Å². The molecule has 0 saturated carbocycles. The topological polar surface area (TPSA) is 17.1 Å². The summed E-state index contributed by atoms with van der Waals surface area (Å²) in [6.45, 7) is 4.14. The number of aldehydes is 1. The maximum absolute atomic E-state index is 10.7. The van der Waals surface area contributed by atoms with Crippen molar-refractivity contribution in [1.29, 1.82) is 0 Å². The summed E-state index contributed by atoms with van der Waals surface area (Å²) in [5.41, 5.74) is 0. The number of thiophene rings is 1. The van der Waals surface area contributed by atoms with E-state index in [9.17, 15) is 4.79 Å². The predicted molar refractivity (Wildman–Crippen MR) is 48.0 cm³/mol. The molecule has 0 aromatic carbocycles. The van der Waals surface area contributed by atoms with Gasteiger partial charge in [0.05, 0.1) is 5.92 Å². The Bertz CT molecular complexity index is 213. The molecule has 0 radical (unpaired) electrons. The van der Waals surface area contributed by atoms with Crippen molar-refractivity contribution in [1.82, 2.24) is 0 Å². The molecule has 0 fully saturated rings. The van der Waals surface area contributed by atoms with Gasteiger partial charge in [0.1, 0.15) is 6.29 Å². The quantitative estimate of drug-likeness (QED) is 0.634. The number of carbonyl (C=O) groups excluding carboxylic acids is 1. The first kappa shape index (κ1) is 8.47. The largest absolute Gasteiger partial charge is 0.303 e. The van der Waals surface area contributed by atoms with Crippen molar-refractivity contribution in [2.75, 3.05) is 0 Å². The Hall–Kier alpha value is -0.630. The SMILES string of the molecule is CC(C)C(C=O)c1cccs1. The van der Waals surface area contributed by atoms with Gasteiger partial charge in [-0.15, -0.1) is 11.3 Å². The van der Waals surface area contributed by atoms with Crippen LogP contribution in [0.4, 0.5) is 0 Å². The van der Waals surface area contributed by atoms with Crippen LogP contribution in [-0.2, 0) is 4.79 Å². The molecule has 0 bridgehead atoms. The fraction of sp³-hybridized carbons (Fsp3) is 0.444. The lowest BCUT2D eigenvalue weighted by atomic mass is 9.96. The van der Waals surface area contributed by atoms with Gasteiger partial charge in [0.15, 0.2) is 0 Å². The normalized spacial score (nSPS) is 13.4. The van der Waals surface area contributed by atoms with E-state index in [1.54, 1.807) is 11.3 Å². The van der Waals surface area contributed by atoms with E-state index in [0.717, 1.165) is 6.29 Å². The zero-order chi connectivity index (χ0) is 8.27. The lowest BCUT2D eigenvalue weighted by Crippen LogP contribution is -2.05. The first-order valence-corrected chi connectivity index (χ1v) is 4.62. The summed E-state index contributed by atoms with van der Waals surface area (Å²) in [6.07, 6.45) is 1.04. The Labute approximate surface area is 71.1 Å². The molecule has 60 valence electrons. The van der Waals surface area contributed by atoms with E-state index in [0.29, 0.717) is 5.92 Å². The molecule has 0 amide bonds. The summed E-state index contributed by atoms with van der Waals surface area (Å²) < 4.78 is 0.